The summed E-state index contributed by atoms with van der Waals surface area (Å²) in [7, 11) is 10.0. The van der Waals surface area contributed by atoms with E-state index in [0.29, 0.717) is 45.0 Å². The summed E-state index contributed by atoms with van der Waals surface area (Å²) in [4.78, 5) is 36.8. The number of aryl methyl sites for hydroxylation is 6. The van der Waals surface area contributed by atoms with Gasteiger partial charge >= 0.3 is 0 Å². The molecule has 0 saturated heterocycles. The smallest absolute Gasteiger partial charge is 0.212 e. The zero-order valence-corrected chi connectivity index (χ0v) is 80.6. The van der Waals surface area contributed by atoms with Gasteiger partial charge in [-0.25, -0.2) is 19.4 Å². The Kier molecular flexibility index (Phi) is 26.6. The monoisotopic (exact) mass is 1760 g/mol. The third-order valence-corrected chi connectivity index (χ3v) is 28.1. The molecule has 5 aliphatic heterocycles. The molecule has 0 aromatic heterocycles. The predicted molar refractivity (Wildman–Crippen MR) is 551 cm³/mol. The van der Waals surface area contributed by atoms with Crippen molar-refractivity contribution < 1.29 is 0 Å². The van der Waals surface area contributed by atoms with Crippen molar-refractivity contribution in [2.75, 3.05) is 84.2 Å². The molecule has 13 aromatic rings. The van der Waals surface area contributed by atoms with Crippen LogP contribution in [0.25, 0.3) is 52.8 Å². The molecule has 5 atom stereocenters. The minimum absolute atomic E-state index is 0.00489. The Morgan fingerprint density at radius 3 is 0.903 bits per heavy atom. The molecular weight excluding hydrogens is 1650 g/mol. The van der Waals surface area contributed by atoms with Crippen molar-refractivity contribution in [3.63, 3.8) is 0 Å². The molecule has 0 fully saturated rings. The van der Waals surface area contributed by atoms with Crippen LogP contribution in [0.1, 0.15) is 135 Å². The summed E-state index contributed by atoms with van der Waals surface area (Å²) in [6.45, 7) is 69.2. The minimum Gasteiger partial charge on any atom is -0.353 e. The molecule has 19 nitrogen and oxygen atoms in total. The van der Waals surface area contributed by atoms with E-state index in [1.807, 2.05) is 88.9 Å². The summed E-state index contributed by atoms with van der Waals surface area (Å²) in [5, 5.41) is 48.0. The Morgan fingerprint density at radius 1 is 0.224 bits per heavy atom. The molecule has 0 aliphatic carbocycles. The van der Waals surface area contributed by atoms with E-state index in [-0.39, 0.29) is 30.8 Å². The predicted octanol–water partition coefficient (Wildman–Crippen LogP) is 28.7. The highest BCUT2D eigenvalue weighted by Gasteiger charge is 2.43. The third kappa shape index (κ3) is 16.0. The van der Waals surface area contributed by atoms with E-state index in [1.165, 1.54) is 78.1 Å². The van der Waals surface area contributed by atoms with Crippen LogP contribution in [0, 0.1) is 173 Å². The van der Waals surface area contributed by atoms with Crippen LogP contribution in [-0.4, -0.2) is 66.1 Å². The summed E-state index contributed by atoms with van der Waals surface area (Å²) in [5.74, 6) is 0. The average Bonchev–Trinajstić information content (AvgIpc) is 1.58. The lowest BCUT2D eigenvalue weighted by Gasteiger charge is -2.33. The highest BCUT2D eigenvalue weighted by atomic mass is 15.4. The maximum atomic E-state index is 9.64. The lowest BCUT2D eigenvalue weighted by atomic mass is 9.92. The Bertz CT molecular complexity index is 7240. The first-order valence-electron chi connectivity index (χ1n) is 44.8. The fraction of sp³-hybridized carbons (Fsp3) is 0.243. The van der Waals surface area contributed by atoms with E-state index >= 15 is 0 Å². The van der Waals surface area contributed by atoms with Crippen molar-refractivity contribution in [3.05, 3.63) is 358 Å². The van der Waals surface area contributed by atoms with E-state index < -0.39 is 0 Å². The lowest BCUT2D eigenvalue weighted by Crippen LogP contribution is -2.36. The van der Waals surface area contributed by atoms with Gasteiger partial charge in [-0.2, -0.15) is 26.3 Å². The first-order chi connectivity index (χ1) is 64.2. The number of nitriles is 5. The largest absolute Gasteiger partial charge is 0.353 e. The van der Waals surface area contributed by atoms with Gasteiger partial charge in [0.25, 0.3) is 0 Å². The standard InChI is InChI=1S/3C24H20N4.C22H27N3.C21H22N4/c1-16-9-8-12-20(18-10-6-5-7-11-18)22(16)28-17(2)27(4)23-19(15-25)13-14-21(26-3)24(23)28;1-16-14-19(18-8-6-5-7-9-18)11-13-22(16)28-17(2)27(4)23-20(15-25)10-12-21(26-3)24(23)28;1-16-10-11-19(18-8-6-5-7-9-18)14-22(16)28-17(2)27(4)23-20(15-25)12-13-21(26-3)24(23)28;1-12-9-10-19(11-23)22-20(12)25(18(7)24(22)8)21-16(5)14(3)13(2)15(4)17(21)6;1-12-10-13(2)15(4)19(14(12)3)25-16(5)24(7)20-17(11-22)8-9-18(23-6)21(20)25/h3*5-14,17H,1-2,4H3;9-10,18H,1-8H3;8-10,16H,1-5,7H3/t3*17-;18-;16-/m00000/s1. The van der Waals surface area contributed by atoms with Gasteiger partial charge in [0.2, 0.25) is 22.7 Å². The fourth-order valence-corrected chi connectivity index (χ4v) is 19.7. The van der Waals surface area contributed by atoms with Crippen LogP contribution in [0.3, 0.4) is 0 Å². The Labute approximate surface area is 791 Å². The van der Waals surface area contributed by atoms with E-state index in [9.17, 15) is 26.3 Å². The number of fused-ring (bicyclic) bond motifs is 5. The normalized spacial score (nSPS) is 15.4. The number of rotatable bonds is 8. The zero-order chi connectivity index (χ0) is 96.6. The maximum Gasteiger partial charge on any atom is 0.212 e. The molecule has 0 bridgehead atoms. The molecule has 0 N–H and O–H groups in total. The van der Waals surface area contributed by atoms with Gasteiger partial charge in [-0.05, 0) is 249 Å². The molecule has 0 amide bonds. The van der Waals surface area contributed by atoms with Gasteiger partial charge in [0, 0.05) is 63.6 Å². The quantitative estimate of drug-likeness (QED) is 0.132. The highest BCUT2D eigenvalue weighted by Crippen LogP contribution is 2.58. The Balaban J connectivity index is 0.000000135. The number of benzene rings is 13. The molecule has 0 saturated carbocycles. The zero-order valence-electron chi connectivity index (χ0n) is 80.6. The maximum absolute atomic E-state index is 9.64. The SMILES string of the molecule is Cc1ccc(C#N)c2c1N(c1c(C)c(C)c(C)c(C)c1C)[C@@H](C)N2C.[C-]#[N+]c1ccc(C#N)c2c1N(c1c(C)c(C)cc(C)c1C)[C@@H](C)N2C.[C-]#[N+]c1ccc(C#N)c2c1N(c1c(C)cccc1-c1ccccc1)[C@@H](C)N2C.[C-]#[N+]c1ccc(C#N)c2c1N(c1cc(-c3ccccc3)ccc1C)[C@@H](C)N2C.[C-]#[N+]c1ccc(C#N)c2c1N(c1ccc(-c3ccccc3)cc1C)[C@@H](C)N2C. The number of hydrogen-bond acceptors (Lipinski definition) is 15. The fourth-order valence-electron chi connectivity index (χ4n) is 19.7. The third-order valence-electron chi connectivity index (χ3n) is 28.1. The Morgan fingerprint density at radius 2 is 0.522 bits per heavy atom. The molecule has 0 spiro atoms. The van der Waals surface area contributed by atoms with Gasteiger partial charge in [-0.15, -0.1) is 0 Å². The van der Waals surface area contributed by atoms with Crippen LogP contribution in [0.15, 0.2) is 212 Å². The van der Waals surface area contributed by atoms with Crippen LogP contribution < -0.4 is 49.0 Å². The molecule has 134 heavy (non-hydrogen) atoms. The molecule has 0 radical (unpaired) electrons. The van der Waals surface area contributed by atoms with E-state index in [0.717, 1.165) is 118 Å². The first kappa shape index (κ1) is 93.4. The molecule has 664 valence electrons. The van der Waals surface area contributed by atoms with Crippen LogP contribution in [0.5, 0.6) is 0 Å². The van der Waals surface area contributed by atoms with Crippen LogP contribution >= 0.6 is 0 Å². The van der Waals surface area contributed by atoms with Gasteiger partial charge in [-0.3, -0.25) is 0 Å². The number of nitrogens with zero attached hydrogens (tertiary/aromatic N) is 19. The summed E-state index contributed by atoms with van der Waals surface area (Å²) in [6.07, 6.45) is 0.181. The summed E-state index contributed by atoms with van der Waals surface area (Å²) < 4.78 is 0. The van der Waals surface area contributed by atoms with Gasteiger partial charge in [0.1, 0.15) is 61.2 Å². The minimum atomic E-state index is -0.0198. The van der Waals surface area contributed by atoms with Crippen LogP contribution in [-0.2, 0) is 0 Å². The number of anilines is 15. The molecule has 13 aromatic carbocycles. The van der Waals surface area contributed by atoms with Crippen LogP contribution in [0.2, 0.25) is 0 Å². The van der Waals surface area contributed by atoms with Gasteiger partial charge in [-0.1, -0.05) is 188 Å². The summed E-state index contributed by atoms with van der Waals surface area (Å²) in [6, 6.07) is 81.7. The topological polar surface area (TPSA) is 169 Å². The van der Waals surface area contributed by atoms with Crippen molar-refractivity contribution in [2.45, 2.75) is 155 Å². The second-order valence-corrected chi connectivity index (χ2v) is 35.2. The molecule has 5 aliphatic rings. The molecule has 19 heteroatoms. The molecule has 5 heterocycles. The van der Waals surface area contributed by atoms with E-state index in [2.05, 4.69) is 334 Å². The van der Waals surface area contributed by atoms with Gasteiger partial charge in [0.15, 0.2) is 0 Å². The molecule has 18 rings (SSSR count). The van der Waals surface area contributed by atoms with Crippen molar-refractivity contribution in [2.24, 2.45) is 0 Å². The first-order valence-corrected chi connectivity index (χ1v) is 44.8. The van der Waals surface area contributed by atoms with Crippen molar-refractivity contribution >= 4 is 108 Å². The molecular formula is C115H109N19. The summed E-state index contributed by atoms with van der Waals surface area (Å²) in [5.41, 5.74) is 43.0. The Hall–Kier alpha value is -16.7. The van der Waals surface area contributed by atoms with E-state index in [4.69, 9.17) is 26.3 Å². The van der Waals surface area contributed by atoms with Crippen molar-refractivity contribution in [1.29, 1.82) is 26.3 Å². The lowest BCUT2D eigenvalue weighted by molar-refractivity contribution is 0.729. The summed E-state index contributed by atoms with van der Waals surface area (Å²) >= 11 is 0. The van der Waals surface area contributed by atoms with Gasteiger partial charge < -0.3 is 49.0 Å². The van der Waals surface area contributed by atoms with Crippen LogP contribution in [0.4, 0.5) is 108 Å². The highest BCUT2D eigenvalue weighted by molar-refractivity contribution is 6.03. The van der Waals surface area contributed by atoms with E-state index in [1.54, 1.807) is 48.5 Å². The second-order valence-electron chi connectivity index (χ2n) is 35.2. The molecule has 0 unspecified atom stereocenters. The van der Waals surface area contributed by atoms with Crippen molar-refractivity contribution in [3.8, 4) is 63.7 Å². The van der Waals surface area contributed by atoms with Gasteiger partial charge in [0.05, 0.1) is 117 Å². The number of hydrogen-bond donors (Lipinski definition) is 0. The number of para-hydroxylation sites is 1. The second kappa shape index (κ2) is 38.1. The van der Waals surface area contributed by atoms with Crippen molar-refractivity contribution in [1.82, 2.24) is 0 Å². The average molecular weight is 1760 g/mol.